The number of carboxylic acid groups (broad SMARTS) is 1. The molecule has 0 aliphatic rings. The number of benzene rings is 1. The van der Waals surface area contributed by atoms with Gasteiger partial charge in [-0.2, -0.15) is 0 Å². The molecule has 0 saturated carbocycles. The first-order valence-electron chi connectivity index (χ1n) is 4.89. The Labute approximate surface area is 89.9 Å². The summed E-state index contributed by atoms with van der Waals surface area (Å²) in [6, 6.07) is 3.86. The molecule has 0 spiro atoms. The highest BCUT2D eigenvalue weighted by Crippen LogP contribution is 2.18. The van der Waals surface area contributed by atoms with Crippen LogP contribution in [0.3, 0.4) is 0 Å². The Balaban J connectivity index is 3.31. The topological polar surface area (TPSA) is 37.3 Å². The summed E-state index contributed by atoms with van der Waals surface area (Å²) in [5.74, 6) is 1.71. The van der Waals surface area contributed by atoms with E-state index in [9.17, 15) is 4.79 Å². The molecule has 15 heavy (non-hydrogen) atoms. The van der Waals surface area contributed by atoms with E-state index >= 15 is 0 Å². The first kappa shape index (κ1) is 11.3. The van der Waals surface area contributed by atoms with Crippen molar-refractivity contribution in [2.75, 3.05) is 0 Å². The van der Waals surface area contributed by atoms with Gasteiger partial charge < -0.3 is 5.11 Å². The van der Waals surface area contributed by atoms with Crippen LogP contribution in [-0.2, 0) is 17.6 Å². The van der Waals surface area contributed by atoms with Crippen LogP contribution in [-0.4, -0.2) is 11.1 Å². The van der Waals surface area contributed by atoms with Crippen molar-refractivity contribution in [2.45, 2.75) is 26.7 Å². The summed E-state index contributed by atoms with van der Waals surface area (Å²) in [4.78, 5) is 10.7. The molecule has 1 aromatic carbocycles. The maximum Gasteiger partial charge on any atom is 0.307 e. The van der Waals surface area contributed by atoms with Gasteiger partial charge in [0.2, 0.25) is 0 Å². The Morgan fingerprint density at radius 2 is 2.20 bits per heavy atom. The lowest BCUT2D eigenvalue weighted by atomic mass is 9.94. The largest absolute Gasteiger partial charge is 0.481 e. The van der Waals surface area contributed by atoms with E-state index in [0.717, 1.165) is 23.1 Å². The first-order valence-corrected chi connectivity index (χ1v) is 4.89. The number of terminal acetylenes is 1. The van der Waals surface area contributed by atoms with Crippen LogP contribution in [0.15, 0.2) is 12.1 Å². The predicted octanol–water partition coefficient (Wildman–Crippen LogP) is 2.17. The number of rotatable bonds is 3. The van der Waals surface area contributed by atoms with Crippen molar-refractivity contribution in [3.05, 3.63) is 34.4 Å². The van der Waals surface area contributed by atoms with Gasteiger partial charge in [-0.15, -0.1) is 6.42 Å². The summed E-state index contributed by atoms with van der Waals surface area (Å²) < 4.78 is 0. The smallest absolute Gasteiger partial charge is 0.307 e. The maximum absolute atomic E-state index is 10.7. The highest BCUT2D eigenvalue weighted by Gasteiger charge is 2.10. The Morgan fingerprint density at radius 1 is 1.53 bits per heavy atom. The molecular formula is C13H14O2. The molecule has 0 aliphatic heterocycles. The molecule has 0 heterocycles. The summed E-state index contributed by atoms with van der Waals surface area (Å²) in [6.07, 6.45) is 6.18. The van der Waals surface area contributed by atoms with Crippen LogP contribution in [0.4, 0.5) is 0 Å². The van der Waals surface area contributed by atoms with E-state index < -0.39 is 5.97 Å². The second-order valence-corrected chi connectivity index (χ2v) is 3.52. The van der Waals surface area contributed by atoms with Crippen molar-refractivity contribution >= 4 is 5.97 Å². The van der Waals surface area contributed by atoms with Gasteiger partial charge in [-0.3, -0.25) is 4.79 Å². The second kappa shape index (κ2) is 4.65. The van der Waals surface area contributed by atoms with Crippen molar-refractivity contribution in [2.24, 2.45) is 0 Å². The molecule has 0 aromatic heterocycles. The van der Waals surface area contributed by atoms with Gasteiger partial charge in [0.05, 0.1) is 6.42 Å². The fourth-order valence-electron chi connectivity index (χ4n) is 1.70. The lowest BCUT2D eigenvalue weighted by Gasteiger charge is -2.10. The Morgan fingerprint density at radius 3 is 2.67 bits per heavy atom. The van der Waals surface area contributed by atoms with Crippen LogP contribution < -0.4 is 0 Å². The minimum absolute atomic E-state index is 0.00296. The van der Waals surface area contributed by atoms with E-state index in [1.807, 2.05) is 26.0 Å². The third-order valence-corrected chi connectivity index (χ3v) is 2.35. The average molecular weight is 202 g/mol. The zero-order valence-electron chi connectivity index (χ0n) is 9.00. The number of carboxylic acids is 1. The van der Waals surface area contributed by atoms with Crippen LogP contribution in [0.25, 0.3) is 0 Å². The molecule has 78 valence electrons. The van der Waals surface area contributed by atoms with E-state index in [2.05, 4.69) is 5.92 Å². The predicted molar refractivity (Wildman–Crippen MR) is 59.8 cm³/mol. The van der Waals surface area contributed by atoms with E-state index in [1.165, 1.54) is 0 Å². The van der Waals surface area contributed by atoms with E-state index in [0.29, 0.717) is 5.56 Å². The van der Waals surface area contributed by atoms with Crippen LogP contribution in [0, 0.1) is 19.3 Å². The minimum atomic E-state index is -0.843. The van der Waals surface area contributed by atoms with Gasteiger partial charge in [-0.1, -0.05) is 18.9 Å². The van der Waals surface area contributed by atoms with Gasteiger partial charge in [0.25, 0.3) is 0 Å². The highest BCUT2D eigenvalue weighted by atomic mass is 16.4. The van der Waals surface area contributed by atoms with Crippen molar-refractivity contribution in [1.82, 2.24) is 0 Å². The number of carbonyl (C=O) groups is 1. The van der Waals surface area contributed by atoms with Gasteiger partial charge >= 0.3 is 5.97 Å². The Bertz CT molecular complexity index is 425. The third kappa shape index (κ3) is 2.60. The average Bonchev–Trinajstić information content (AvgIpc) is 2.19. The molecule has 0 bridgehead atoms. The van der Waals surface area contributed by atoms with Gasteiger partial charge in [0.15, 0.2) is 0 Å². The third-order valence-electron chi connectivity index (χ3n) is 2.35. The summed E-state index contributed by atoms with van der Waals surface area (Å²) >= 11 is 0. The van der Waals surface area contributed by atoms with Crippen molar-refractivity contribution in [3.8, 4) is 12.3 Å². The molecule has 0 aliphatic carbocycles. The highest BCUT2D eigenvalue weighted by molar-refractivity contribution is 5.72. The summed E-state index contributed by atoms with van der Waals surface area (Å²) in [5, 5.41) is 8.81. The molecule has 0 fully saturated rings. The van der Waals surface area contributed by atoms with E-state index in [4.69, 9.17) is 11.5 Å². The van der Waals surface area contributed by atoms with Crippen molar-refractivity contribution in [1.29, 1.82) is 0 Å². The quantitative estimate of drug-likeness (QED) is 0.763. The number of aryl methyl sites for hydroxylation is 2. The molecule has 1 aromatic rings. The molecule has 0 saturated heterocycles. The van der Waals surface area contributed by atoms with Gasteiger partial charge in [-0.05, 0) is 36.1 Å². The minimum Gasteiger partial charge on any atom is -0.481 e. The van der Waals surface area contributed by atoms with Crippen LogP contribution in [0.1, 0.15) is 29.2 Å². The van der Waals surface area contributed by atoms with Crippen molar-refractivity contribution < 1.29 is 9.90 Å². The summed E-state index contributed by atoms with van der Waals surface area (Å²) in [7, 11) is 0. The molecule has 0 atom stereocenters. The lowest BCUT2D eigenvalue weighted by Crippen LogP contribution is -2.06. The molecule has 1 rings (SSSR count). The number of hydrogen-bond acceptors (Lipinski definition) is 1. The van der Waals surface area contributed by atoms with E-state index in [-0.39, 0.29) is 6.42 Å². The zero-order chi connectivity index (χ0) is 11.4. The lowest BCUT2D eigenvalue weighted by molar-refractivity contribution is -0.136. The van der Waals surface area contributed by atoms with E-state index in [1.54, 1.807) is 0 Å². The van der Waals surface area contributed by atoms with Gasteiger partial charge in [0.1, 0.15) is 0 Å². The zero-order valence-corrected chi connectivity index (χ0v) is 9.00. The summed E-state index contributed by atoms with van der Waals surface area (Å²) in [6.45, 7) is 3.96. The van der Waals surface area contributed by atoms with Crippen LogP contribution in [0.5, 0.6) is 0 Å². The van der Waals surface area contributed by atoms with Crippen molar-refractivity contribution in [3.63, 3.8) is 0 Å². The maximum atomic E-state index is 10.7. The molecule has 0 unspecified atom stereocenters. The molecule has 0 radical (unpaired) electrons. The molecule has 2 nitrogen and oxygen atoms in total. The molecule has 0 amide bonds. The first-order chi connectivity index (χ1) is 7.08. The Kier molecular flexibility index (Phi) is 3.51. The fraction of sp³-hybridized carbons (Fsp3) is 0.308. The van der Waals surface area contributed by atoms with Gasteiger partial charge in [-0.25, -0.2) is 0 Å². The fourth-order valence-corrected chi connectivity index (χ4v) is 1.70. The Hall–Kier alpha value is -1.75. The summed E-state index contributed by atoms with van der Waals surface area (Å²) in [5.41, 5.74) is 3.59. The number of hydrogen-bond donors (Lipinski definition) is 1. The molecule has 1 N–H and O–H groups in total. The normalized spacial score (nSPS) is 9.67. The monoisotopic (exact) mass is 202 g/mol. The standard InChI is InChI=1S/C13H14O2/c1-4-10-6-9(3)7-11(5-2)12(10)8-13(14)15/h1,6-7H,5,8H2,2-3H3,(H,14,15). The van der Waals surface area contributed by atoms with Crippen LogP contribution in [0.2, 0.25) is 0 Å². The molecule has 2 heteroatoms. The SMILES string of the molecule is C#Cc1cc(C)cc(CC)c1CC(=O)O. The van der Waals surface area contributed by atoms with Crippen LogP contribution >= 0.6 is 0 Å². The van der Waals surface area contributed by atoms with Gasteiger partial charge in [0, 0.05) is 5.56 Å². The molecular weight excluding hydrogens is 188 g/mol. The number of aliphatic carboxylic acids is 1. The second-order valence-electron chi connectivity index (χ2n) is 3.52.